The highest BCUT2D eigenvalue weighted by Crippen LogP contribution is 2.26. The van der Waals surface area contributed by atoms with Crippen LogP contribution in [0.1, 0.15) is 94.4 Å². The van der Waals surface area contributed by atoms with Crippen LogP contribution in [0.15, 0.2) is 10.6 Å². The van der Waals surface area contributed by atoms with E-state index in [1.54, 1.807) is 7.11 Å². The number of methoxy groups -OCH3 is 1. The summed E-state index contributed by atoms with van der Waals surface area (Å²) >= 11 is 0. The average molecular weight is 633 g/mol. The fraction of sp³-hybridized carbons (Fsp3) is 0.938. The summed E-state index contributed by atoms with van der Waals surface area (Å²) < 4.78 is 23.9. The second kappa shape index (κ2) is 22.8. The van der Waals surface area contributed by atoms with Crippen molar-refractivity contribution in [1.82, 2.24) is 31.2 Å². The Kier molecular flexibility index (Phi) is 21.4. The normalized spacial score (nSPS) is 17.7. The molecule has 0 saturated carbocycles. The molecule has 1 heterocycles. The van der Waals surface area contributed by atoms with Gasteiger partial charge in [-0.1, -0.05) is 27.7 Å². The van der Waals surface area contributed by atoms with E-state index in [1.807, 2.05) is 32.7 Å². The van der Waals surface area contributed by atoms with Crippen LogP contribution in [0.25, 0.3) is 0 Å². The van der Waals surface area contributed by atoms with E-state index in [0.717, 1.165) is 49.4 Å². The summed E-state index contributed by atoms with van der Waals surface area (Å²) in [6.45, 7) is 25.8. The Labute approximate surface area is 267 Å². The number of hydrazine groups is 2. The smallest absolute Gasteiger partial charge is 0.113 e. The van der Waals surface area contributed by atoms with Gasteiger partial charge in [-0.15, -0.1) is 5.17 Å². The minimum atomic E-state index is -1.10. The third-order valence-corrected chi connectivity index (χ3v) is 10.3. The maximum atomic E-state index is 13.0. The lowest BCUT2D eigenvalue weighted by atomic mass is 9.85. The number of rotatable bonds is 24. The first-order chi connectivity index (χ1) is 20.5. The van der Waals surface area contributed by atoms with E-state index < -0.39 is 10.8 Å². The van der Waals surface area contributed by atoms with E-state index in [2.05, 4.69) is 55.7 Å². The van der Waals surface area contributed by atoms with Crippen LogP contribution < -0.4 is 16.2 Å². The van der Waals surface area contributed by atoms with Gasteiger partial charge >= 0.3 is 0 Å². The summed E-state index contributed by atoms with van der Waals surface area (Å²) in [4.78, 5) is 2.59. The fourth-order valence-electron chi connectivity index (χ4n) is 5.53. The minimum absolute atomic E-state index is 0.186. The van der Waals surface area contributed by atoms with E-state index in [0.29, 0.717) is 56.2 Å². The van der Waals surface area contributed by atoms with Crippen LogP contribution in [0.5, 0.6) is 0 Å². The highest BCUT2D eigenvalue weighted by atomic mass is 32.2. The van der Waals surface area contributed by atoms with E-state index >= 15 is 0 Å². The number of hydrogen-bond acceptors (Lipinski definition) is 10. The van der Waals surface area contributed by atoms with Gasteiger partial charge in [0, 0.05) is 64.3 Å². The lowest BCUT2D eigenvalue weighted by Gasteiger charge is -2.38. The Morgan fingerprint density at radius 3 is 2.26 bits per heavy atom. The largest absolute Gasteiger partial charge is 0.383 e. The molecule has 4 N–H and O–H groups in total. The van der Waals surface area contributed by atoms with Gasteiger partial charge in [0.2, 0.25) is 0 Å². The SMILES string of the molecule is CCNC(=C(C)C)S(=O)CCCC(NNC(CN(CC[C@@H](C)C1CCOCC1)C(C)C)C(C)C)N(O)N(CC)CCOC. The van der Waals surface area contributed by atoms with Gasteiger partial charge in [-0.05, 0) is 96.6 Å². The third kappa shape index (κ3) is 15.5. The number of ether oxygens (including phenoxy) is 2. The average Bonchev–Trinajstić information content (AvgIpc) is 2.98. The second-order valence-electron chi connectivity index (χ2n) is 12.9. The number of nitrogens with zero attached hydrogens (tertiary/aromatic N) is 3. The molecule has 1 saturated heterocycles. The summed E-state index contributed by atoms with van der Waals surface area (Å²) in [6, 6.07) is 0.626. The Morgan fingerprint density at radius 2 is 1.72 bits per heavy atom. The van der Waals surface area contributed by atoms with Gasteiger partial charge in [0.25, 0.3) is 0 Å². The molecule has 256 valence electrons. The van der Waals surface area contributed by atoms with Crippen molar-refractivity contribution in [2.45, 2.75) is 113 Å². The number of hydroxylamine groups is 1. The third-order valence-electron chi connectivity index (χ3n) is 8.66. The van der Waals surface area contributed by atoms with Crippen molar-refractivity contribution in [3.8, 4) is 0 Å². The zero-order valence-corrected chi connectivity index (χ0v) is 30.1. The lowest BCUT2D eigenvalue weighted by Crippen LogP contribution is -2.61. The van der Waals surface area contributed by atoms with E-state index in [1.165, 1.54) is 24.4 Å². The number of allylic oxidation sites excluding steroid dienone is 1. The van der Waals surface area contributed by atoms with Gasteiger partial charge in [-0.25, -0.2) is 10.4 Å². The monoisotopic (exact) mass is 633 g/mol. The van der Waals surface area contributed by atoms with Crippen molar-refractivity contribution in [2.24, 2.45) is 17.8 Å². The fourth-order valence-corrected chi connectivity index (χ4v) is 6.92. The van der Waals surface area contributed by atoms with Gasteiger partial charge in [0.05, 0.1) is 22.4 Å². The molecule has 0 amide bonds. The second-order valence-corrected chi connectivity index (χ2v) is 14.4. The molecular weight excluding hydrogens is 564 g/mol. The lowest BCUT2D eigenvalue weighted by molar-refractivity contribution is -0.282. The molecule has 1 aliphatic rings. The van der Waals surface area contributed by atoms with Crippen LogP contribution in [-0.2, 0) is 20.3 Å². The van der Waals surface area contributed by atoms with Gasteiger partial charge in [0.1, 0.15) is 6.17 Å². The topological polar surface area (TPSA) is 102 Å². The summed E-state index contributed by atoms with van der Waals surface area (Å²) in [5, 5.41) is 18.6. The van der Waals surface area contributed by atoms with E-state index in [9.17, 15) is 9.42 Å². The predicted octanol–water partition coefficient (Wildman–Crippen LogP) is 4.56. The van der Waals surface area contributed by atoms with Crippen LogP contribution in [0.2, 0.25) is 0 Å². The van der Waals surface area contributed by atoms with Crippen molar-refractivity contribution >= 4 is 10.8 Å². The zero-order chi connectivity index (χ0) is 32.4. The van der Waals surface area contributed by atoms with Crippen LogP contribution in [0.3, 0.4) is 0 Å². The molecular formula is C32H68N6O4S. The van der Waals surface area contributed by atoms with Crippen LogP contribution >= 0.6 is 0 Å². The van der Waals surface area contributed by atoms with Crippen LogP contribution in [0, 0.1) is 17.8 Å². The number of likely N-dealkylation sites (N-methyl/N-ethyl adjacent to an activating group) is 1. The maximum absolute atomic E-state index is 13.0. The molecule has 3 unspecified atom stereocenters. The molecule has 0 aliphatic carbocycles. The highest BCUT2D eigenvalue weighted by Gasteiger charge is 2.27. The van der Waals surface area contributed by atoms with Crippen molar-refractivity contribution in [1.29, 1.82) is 0 Å². The Bertz CT molecular complexity index is 777. The molecule has 43 heavy (non-hydrogen) atoms. The molecule has 0 spiro atoms. The molecule has 4 atom stereocenters. The molecule has 0 aromatic rings. The predicted molar refractivity (Wildman–Crippen MR) is 180 cm³/mol. The summed E-state index contributed by atoms with van der Waals surface area (Å²) in [6.07, 6.45) is 4.49. The summed E-state index contributed by atoms with van der Waals surface area (Å²) in [7, 11) is 0.568. The van der Waals surface area contributed by atoms with Gasteiger partial charge < -0.3 is 14.8 Å². The van der Waals surface area contributed by atoms with E-state index in [-0.39, 0.29) is 12.2 Å². The first kappa shape index (κ1) is 40.4. The Hall–Kier alpha value is -0.630. The molecule has 0 radical (unpaired) electrons. The minimum Gasteiger partial charge on any atom is -0.383 e. The number of nitrogens with one attached hydrogen (secondary N) is 3. The molecule has 0 bridgehead atoms. The molecule has 0 aromatic heterocycles. The van der Waals surface area contributed by atoms with Gasteiger partial charge in [0.15, 0.2) is 0 Å². The molecule has 11 heteroatoms. The number of hydrogen-bond donors (Lipinski definition) is 4. The molecule has 1 fully saturated rings. The summed E-state index contributed by atoms with van der Waals surface area (Å²) in [5.74, 6) is 2.37. The van der Waals surface area contributed by atoms with E-state index in [4.69, 9.17) is 9.47 Å². The molecule has 1 aliphatic heterocycles. The summed E-state index contributed by atoms with van der Waals surface area (Å²) in [5.41, 5.74) is 8.14. The van der Waals surface area contributed by atoms with Crippen LogP contribution in [0.4, 0.5) is 0 Å². The first-order valence-electron chi connectivity index (χ1n) is 16.8. The maximum Gasteiger partial charge on any atom is 0.113 e. The van der Waals surface area contributed by atoms with Crippen molar-refractivity contribution in [3.63, 3.8) is 0 Å². The Morgan fingerprint density at radius 1 is 1.05 bits per heavy atom. The molecule has 1 rings (SSSR count). The standard InChI is InChI=1S/C32H68N6O4S/c1-11-33-32(26(5)6)43(40)23-13-14-31(38(39)37(12-2)19-22-41-10)35-34-30(25(3)4)24-36(27(7)8)18-15-28(9)29-16-20-42-21-17-29/h25,27-31,33-35,39H,11-24H2,1-10H3/t28-,30?,31?,43?/m1/s1. The van der Waals surface area contributed by atoms with Crippen molar-refractivity contribution < 1.29 is 18.9 Å². The van der Waals surface area contributed by atoms with Crippen molar-refractivity contribution in [2.75, 3.05) is 65.4 Å². The molecule has 10 nitrogen and oxygen atoms in total. The van der Waals surface area contributed by atoms with Crippen molar-refractivity contribution in [3.05, 3.63) is 10.6 Å². The van der Waals surface area contributed by atoms with Gasteiger partial charge in [-0.3, -0.25) is 19.7 Å². The van der Waals surface area contributed by atoms with Crippen LogP contribution in [-0.4, -0.2) is 108 Å². The van der Waals surface area contributed by atoms with Gasteiger partial charge in [-0.2, -0.15) is 0 Å². The molecule has 0 aromatic carbocycles. The zero-order valence-electron chi connectivity index (χ0n) is 29.3. The first-order valence-corrected chi connectivity index (χ1v) is 18.1. The Balaban J connectivity index is 2.92. The quantitative estimate of drug-likeness (QED) is 0.0895. The highest BCUT2D eigenvalue weighted by molar-refractivity contribution is 7.88.